The van der Waals surface area contributed by atoms with Crippen molar-refractivity contribution in [2.24, 2.45) is 0 Å². The zero-order valence-electron chi connectivity index (χ0n) is 7.19. The van der Waals surface area contributed by atoms with Crippen LogP contribution in [0.15, 0.2) is 7.57 Å². The van der Waals surface area contributed by atoms with E-state index in [1.807, 2.05) is 6.92 Å². The molecule has 0 spiro atoms. The van der Waals surface area contributed by atoms with E-state index in [9.17, 15) is 4.79 Å². The van der Waals surface area contributed by atoms with Gasteiger partial charge in [0.2, 0.25) is 0 Å². The molecule has 0 aromatic carbocycles. The van der Waals surface area contributed by atoms with Crippen LogP contribution in [-0.4, -0.2) is 12.6 Å². The first-order chi connectivity index (χ1) is 6.07. The number of halogens is 2. The fourth-order valence-electron chi connectivity index (χ4n) is 0.889. The molecule has 5 heteroatoms. The van der Waals surface area contributed by atoms with E-state index in [2.05, 4.69) is 31.9 Å². The van der Waals surface area contributed by atoms with Crippen molar-refractivity contribution >= 4 is 49.2 Å². The van der Waals surface area contributed by atoms with Crippen LogP contribution < -0.4 is 0 Å². The van der Waals surface area contributed by atoms with E-state index in [0.29, 0.717) is 12.2 Å². The summed E-state index contributed by atoms with van der Waals surface area (Å²) in [6.07, 6.45) is 0. The molecule has 13 heavy (non-hydrogen) atoms. The molecule has 0 fully saturated rings. The SMILES string of the molecule is CCOC(=O)c1c(Br)sc(Br)c1C. The molecule has 0 saturated carbocycles. The summed E-state index contributed by atoms with van der Waals surface area (Å²) in [6, 6.07) is 0. The number of esters is 1. The molecule has 0 bridgehead atoms. The molecule has 0 atom stereocenters. The Kier molecular flexibility index (Phi) is 3.94. The summed E-state index contributed by atoms with van der Waals surface area (Å²) in [5.74, 6) is -0.270. The van der Waals surface area contributed by atoms with Crippen molar-refractivity contribution in [2.45, 2.75) is 13.8 Å². The molecule has 1 rings (SSSR count). The fraction of sp³-hybridized carbons (Fsp3) is 0.375. The van der Waals surface area contributed by atoms with Crippen molar-refractivity contribution in [3.63, 3.8) is 0 Å². The smallest absolute Gasteiger partial charge is 0.340 e. The summed E-state index contributed by atoms with van der Waals surface area (Å²) in [5.41, 5.74) is 1.55. The number of ether oxygens (including phenoxy) is 1. The monoisotopic (exact) mass is 326 g/mol. The van der Waals surface area contributed by atoms with Gasteiger partial charge in [-0.3, -0.25) is 0 Å². The minimum absolute atomic E-state index is 0.270. The minimum Gasteiger partial charge on any atom is -0.462 e. The number of thiophene rings is 1. The highest BCUT2D eigenvalue weighted by molar-refractivity contribution is 9.12. The Balaban J connectivity index is 3.06. The lowest BCUT2D eigenvalue weighted by Gasteiger charge is -2.00. The fourth-order valence-corrected chi connectivity index (χ4v) is 3.92. The highest BCUT2D eigenvalue weighted by atomic mass is 79.9. The predicted octanol–water partition coefficient (Wildman–Crippen LogP) is 3.76. The second kappa shape index (κ2) is 4.57. The molecule has 1 aromatic rings. The van der Waals surface area contributed by atoms with Crippen molar-refractivity contribution in [2.75, 3.05) is 6.61 Å². The highest BCUT2D eigenvalue weighted by Gasteiger charge is 2.19. The summed E-state index contributed by atoms with van der Waals surface area (Å²) in [5, 5.41) is 0. The van der Waals surface area contributed by atoms with Crippen LogP contribution in [-0.2, 0) is 4.74 Å². The van der Waals surface area contributed by atoms with Gasteiger partial charge >= 0.3 is 5.97 Å². The number of carbonyl (C=O) groups excluding carboxylic acids is 1. The number of hydrogen-bond acceptors (Lipinski definition) is 3. The van der Waals surface area contributed by atoms with E-state index in [-0.39, 0.29) is 5.97 Å². The van der Waals surface area contributed by atoms with Crippen LogP contribution in [0.25, 0.3) is 0 Å². The maximum Gasteiger partial charge on any atom is 0.340 e. The van der Waals surface area contributed by atoms with Gasteiger partial charge in [-0.15, -0.1) is 11.3 Å². The maximum absolute atomic E-state index is 11.4. The van der Waals surface area contributed by atoms with E-state index >= 15 is 0 Å². The third-order valence-corrected chi connectivity index (χ3v) is 4.36. The van der Waals surface area contributed by atoms with Gasteiger partial charge in [0.1, 0.15) is 0 Å². The van der Waals surface area contributed by atoms with Gasteiger partial charge in [-0.25, -0.2) is 4.79 Å². The van der Waals surface area contributed by atoms with Crippen LogP contribution in [0.3, 0.4) is 0 Å². The summed E-state index contributed by atoms with van der Waals surface area (Å²) in [4.78, 5) is 11.4. The molecule has 0 aliphatic carbocycles. The molecule has 0 aliphatic rings. The van der Waals surface area contributed by atoms with Crippen LogP contribution in [0, 0.1) is 6.92 Å². The van der Waals surface area contributed by atoms with Gasteiger partial charge in [-0.2, -0.15) is 0 Å². The molecule has 1 aromatic heterocycles. The first-order valence-electron chi connectivity index (χ1n) is 3.69. The largest absolute Gasteiger partial charge is 0.462 e. The Morgan fingerprint density at radius 3 is 2.46 bits per heavy atom. The summed E-state index contributed by atoms with van der Waals surface area (Å²) in [7, 11) is 0. The number of hydrogen-bond donors (Lipinski definition) is 0. The molecule has 0 amide bonds. The molecule has 1 heterocycles. The number of rotatable bonds is 2. The van der Waals surface area contributed by atoms with Gasteiger partial charge in [0, 0.05) is 0 Å². The molecule has 2 nitrogen and oxygen atoms in total. The van der Waals surface area contributed by atoms with Gasteiger partial charge in [0.25, 0.3) is 0 Å². The van der Waals surface area contributed by atoms with Crippen molar-refractivity contribution in [1.29, 1.82) is 0 Å². The van der Waals surface area contributed by atoms with Gasteiger partial charge in [-0.05, 0) is 51.3 Å². The zero-order valence-corrected chi connectivity index (χ0v) is 11.2. The van der Waals surface area contributed by atoms with Crippen molar-refractivity contribution < 1.29 is 9.53 Å². The minimum atomic E-state index is -0.270. The van der Waals surface area contributed by atoms with Gasteiger partial charge in [0.05, 0.1) is 19.7 Å². The molecule has 0 N–H and O–H groups in total. The molecular formula is C8H8Br2O2S. The van der Waals surface area contributed by atoms with Crippen molar-refractivity contribution in [3.05, 3.63) is 18.7 Å². The number of carbonyl (C=O) groups is 1. The standard InChI is InChI=1S/C8H8Br2O2S/c1-3-12-8(11)5-4(2)6(9)13-7(5)10/h3H2,1-2H3. The normalized spacial score (nSPS) is 10.2. The topological polar surface area (TPSA) is 26.3 Å². The van der Waals surface area contributed by atoms with Gasteiger partial charge in [0.15, 0.2) is 0 Å². The van der Waals surface area contributed by atoms with Crippen LogP contribution in [0.5, 0.6) is 0 Å². The Labute approximate surface area is 97.5 Å². The Morgan fingerprint density at radius 1 is 1.46 bits per heavy atom. The summed E-state index contributed by atoms with van der Waals surface area (Å²) in [6.45, 7) is 4.08. The van der Waals surface area contributed by atoms with E-state index in [0.717, 1.165) is 13.1 Å². The van der Waals surface area contributed by atoms with Crippen LogP contribution in [0.1, 0.15) is 22.8 Å². The maximum atomic E-state index is 11.4. The van der Waals surface area contributed by atoms with Crippen LogP contribution in [0.4, 0.5) is 0 Å². The quantitative estimate of drug-likeness (QED) is 0.773. The Hall–Kier alpha value is 0.130. The lowest BCUT2D eigenvalue weighted by atomic mass is 10.2. The molecule has 0 unspecified atom stereocenters. The molecule has 72 valence electrons. The highest BCUT2D eigenvalue weighted by Crippen LogP contribution is 2.36. The van der Waals surface area contributed by atoms with E-state index in [4.69, 9.17) is 4.74 Å². The second-order valence-electron chi connectivity index (χ2n) is 2.37. The van der Waals surface area contributed by atoms with Crippen LogP contribution >= 0.6 is 43.2 Å². The summed E-state index contributed by atoms with van der Waals surface area (Å²) >= 11 is 8.18. The first-order valence-corrected chi connectivity index (χ1v) is 6.09. The lowest BCUT2D eigenvalue weighted by Crippen LogP contribution is -2.05. The van der Waals surface area contributed by atoms with Gasteiger partial charge in [-0.1, -0.05) is 0 Å². The average molecular weight is 328 g/mol. The van der Waals surface area contributed by atoms with Crippen molar-refractivity contribution in [3.8, 4) is 0 Å². The predicted molar refractivity (Wildman–Crippen MR) is 60.4 cm³/mol. The first kappa shape index (κ1) is 11.2. The third-order valence-electron chi connectivity index (χ3n) is 1.53. The van der Waals surface area contributed by atoms with E-state index < -0.39 is 0 Å². The Bertz CT molecular complexity index is 333. The third kappa shape index (κ3) is 2.33. The average Bonchev–Trinajstić information content (AvgIpc) is 2.27. The molecule has 0 radical (unpaired) electrons. The molecular weight excluding hydrogens is 320 g/mol. The Morgan fingerprint density at radius 2 is 2.08 bits per heavy atom. The van der Waals surface area contributed by atoms with E-state index in [1.54, 1.807) is 6.92 Å². The van der Waals surface area contributed by atoms with E-state index in [1.165, 1.54) is 11.3 Å². The summed E-state index contributed by atoms with van der Waals surface area (Å²) < 4.78 is 6.70. The molecule has 0 aliphatic heterocycles. The van der Waals surface area contributed by atoms with Crippen molar-refractivity contribution in [1.82, 2.24) is 0 Å². The van der Waals surface area contributed by atoms with Crippen LogP contribution in [0.2, 0.25) is 0 Å². The molecule has 0 saturated heterocycles. The van der Waals surface area contributed by atoms with Gasteiger partial charge < -0.3 is 4.74 Å². The lowest BCUT2D eigenvalue weighted by molar-refractivity contribution is 0.0525. The zero-order chi connectivity index (χ0) is 10.0. The second-order valence-corrected chi connectivity index (χ2v) is 6.03.